The predicted molar refractivity (Wildman–Crippen MR) is 109 cm³/mol. The van der Waals surface area contributed by atoms with Crippen LogP contribution in [0.2, 0.25) is 0 Å². The molecule has 0 saturated carbocycles. The fourth-order valence-electron chi connectivity index (χ4n) is 2.74. The molecule has 4 aromatic heterocycles. The molecule has 0 aromatic carbocycles. The van der Waals surface area contributed by atoms with Crippen molar-refractivity contribution in [3.63, 3.8) is 0 Å². The second-order valence-electron chi connectivity index (χ2n) is 5.73. The highest BCUT2D eigenvalue weighted by Gasteiger charge is 2.12. The summed E-state index contributed by atoms with van der Waals surface area (Å²) >= 11 is 1.36. The summed E-state index contributed by atoms with van der Waals surface area (Å²) in [5, 5.41) is 9.13. The maximum Gasteiger partial charge on any atom is 0.249 e. The zero-order valence-corrected chi connectivity index (χ0v) is 15.3. The maximum absolute atomic E-state index is 11.4. The van der Waals surface area contributed by atoms with E-state index in [1.165, 1.54) is 17.4 Å². The Hall–Kier alpha value is -3.52. The monoisotopic (exact) mass is 376 g/mol. The van der Waals surface area contributed by atoms with Crippen molar-refractivity contribution in [1.29, 1.82) is 0 Å². The maximum atomic E-state index is 11.4. The molecule has 0 bridgehead atoms. The number of hydrogen-bond donors (Lipinski definition) is 3. The number of fused-ring (bicyclic) bond motifs is 1. The van der Waals surface area contributed by atoms with Crippen molar-refractivity contribution in [3.8, 4) is 22.4 Å². The summed E-state index contributed by atoms with van der Waals surface area (Å²) in [5.41, 5.74) is 4.51. The molecule has 4 aromatic rings. The van der Waals surface area contributed by atoms with Gasteiger partial charge in [-0.2, -0.15) is 0 Å². The largest absolute Gasteiger partial charge is 0.373 e. The van der Waals surface area contributed by atoms with E-state index < -0.39 is 0 Å². The van der Waals surface area contributed by atoms with Gasteiger partial charge >= 0.3 is 0 Å². The molecule has 0 unspecified atom stereocenters. The van der Waals surface area contributed by atoms with Crippen LogP contribution in [0.15, 0.2) is 54.8 Å². The number of carbonyl (C=O) groups is 1. The van der Waals surface area contributed by atoms with Crippen molar-refractivity contribution in [2.24, 2.45) is 0 Å². The van der Waals surface area contributed by atoms with Gasteiger partial charge in [0.05, 0.1) is 5.69 Å². The molecule has 4 heterocycles. The van der Waals surface area contributed by atoms with Crippen molar-refractivity contribution in [3.05, 3.63) is 54.8 Å². The Kier molecular flexibility index (Phi) is 4.39. The van der Waals surface area contributed by atoms with E-state index in [2.05, 4.69) is 37.1 Å². The fourth-order valence-corrected chi connectivity index (χ4v) is 3.46. The van der Waals surface area contributed by atoms with Gasteiger partial charge in [0.15, 0.2) is 5.13 Å². The molecule has 0 aliphatic heterocycles. The molecular formula is C19H16N6OS. The summed E-state index contributed by atoms with van der Waals surface area (Å²) < 4.78 is 0. The zero-order valence-electron chi connectivity index (χ0n) is 14.5. The Labute approximate surface area is 159 Å². The average Bonchev–Trinajstić information content (AvgIpc) is 3.34. The summed E-state index contributed by atoms with van der Waals surface area (Å²) in [7, 11) is 1.84. The van der Waals surface area contributed by atoms with Crippen molar-refractivity contribution >= 4 is 39.2 Å². The summed E-state index contributed by atoms with van der Waals surface area (Å²) in [6, 6.07) is 5.99. The molecule has 3 N–H and O–H groups in total. The average molecular weight is 376 g/mol. The minimum absolute atomic E-state index is 0.282. The molecule has 0 saturated heterocycles. The van der Waals surface area contributed by atoms with Crippen LogP contribution in [0.1, 0.15) is 0 Å². The van der Waals surface area contributed by atoms with Gasteiger partial charge in [0.1, 0.15) is 11.5 Å². The van der Waals surface area contributed by atoms with Crippen molar-refractivity contribution in [1.82, 2.24) is 19.9 Å². The molecule has 27 heavy (non-hydrogen) atoms. The molecule has 7 nitrogen and oxygen atoms in total. The number of amides is 1. The van der Waals surface area contributed by atoms with Crippen molar-refractivity contribution in [2.75, 3.05) is 17.7 Å². The van der Waals surface area contributed by atoms with E-state index in [9.17, 15) is 4.79 Å². The van der Waals surface area contributed by atoms with Gasteiger partial charge in [-0.25, -0.2) is 15.0 Å². The quantitative estimate of drug-likeness (QED) is 0.459. The Morgan fingerprint density at radius 2 is 2.19 bits per heavy atom. The Morgan fingerprint density at radius 1 is 1.30 bits per heavy atom. The molecule has 0 spiro atoms. The summed E-state index contributed by atoms with van der Waals surface area (Å²) in [6.45, 7) is 3.44. The van der Waals surface area contributed by atoms with Gasteiger partial charge in [-0.05, 0) is 29.8 Å². The van der Waals surface area contributed by atoms with Crippen LogP contribution in [-0.2, 0) is 4.79 Å². The summed E-state index contributed by atoms with van der Waals surface area (Å²) in [4.78, 5) is 27.9. The van der Waals surface area contributed by atoms with Crippen molar-refractivity contribution in [2.45, 2.75) is 0 Å². The number of rotatable bonds is 5. The van der Waals surface area contributed by atoms with Crippen LogP contribution in [0.5, 0.6) is 0 Å². The minimum atomic E-state index is -0.282. The lowest BCUT2D eigenvalue weighted by atomic mass is 10.1. The molecule has 4 rings (SSSR count). The lowest BCUT2D eigenvalue weighted by Gasteiger charge is -2.04. The second kappa shape index (κ2) is 7.00. The van der Waals surface area contributed by atoms with E-state index >= 15 is 0 Å². The van der Waals surface area contributed by atoms with Crippen LogP contribution in [0.25, 0.3) is 33.4 Å². The number of thiazole rings is 1. The van der Waals surface area contributed by atoms with Gasteiger partial charge in [-0.15, -0.1) is 11.3 Å². The van der Waals surface area contributed by atoms with Gasteiger partial charge in [0, 0.05) is 47.5 Å². The number of carbonyl (C=O) groups excluding carboxylic acids is 1. The number of pyridine rings is 2. The number of nitrogens with zero attached hydrogens (tertiary/aromatic N) is 3. The van der Waals surface area contributed by atoms with Crippen molar-refractivity contribution < 1.29 is 4.79 Å². The van der Waals surface area contributed by atoms with Crippen LogP contribution < -0.4 is 10.6 Å². The number of aromatic amines is 1. The Morgan fingerprint density at radius 3 is 3.00 bits per heavy atom. The fraction of sp³-hybridized carbons (Fsp3) is 0.0526. The minimum Gasteiger partial charge on any atom is -0.373 e. The van der Waals surface area contributed by atoms with Gasteiger partial charge in [0.2, 0.25) is 5.91 Å². The number of aromatic nitrogens is 4. The molecule has 0 radical (unpaired) electrons. The van der Waals surface area contributed by atoms with Gasteiger partial charge < -0.3 is 10.3 Å². The van der Waals surface area contributed by atoms with E-state index in [4.69, 9.17) is 0 Å². The lowest BCUT2D eigenvalue weighted by molar-refractivity contribution is -0.111. The second-order valence-corrected chi connectivity index (χ2v) is 6.59. The molecule has 0 aliphatic rings. The van der Waals surface area contributed by atoms with E-state index in [1.54, 1.807) is 12.4 Å². The first-order valence-corrected chi connectivity index (χ1v) is 9.06. The number of hydrogen-bond acceptors (Lipinski definition) is 6. The van der Waals surface area contributed by atoms with Crippen LogP contribution >= 0.6 is 11.3 Å². The first-order chi connectivity index (χ1) is 13.2. The first kappa shape index (κ1) is 16.9. The first-order valence-electron chi connectivity index (χ1n) is 8.18. The third-order valence-corrected chi connectivity index (χ3v) is 4.83. The summed E-state index contributed by atoms with van der Waals surface area (Å²) in [6.07, 6.45) is 6.69. The van der Waals surface area contributed by atoms with E-state index in [1.807, 2.05) is 36.8 Å². The zero-order chi connectivity index (χ0) is 18.8. The number of H-pyrrole nitrogens is 1. The van der Waals surface area contributed by atoms with Crippen LogP contribution in [0.4, 0.5) is 10.9 Å². The molecule has 8 heteroatoms. The molecule has 0 aliphatic carbocycles. The lowest BCUT2D eigenvalue weighted by Crippen LogP contribution is -2.06. The van der Waals surface area contributed by atoms with Gasteiger partial charge in [0.25, 0.3) is 0 Å². The normalized spacial score (nSPS) is 10.7. The standard InChI is InChI=1S/C19H16N6OS/c1-3-17(26)25-19-24-15(10-27-19)12-6-13-14(9-23-18(13)22-8-12)11-4-5-21-16(7-11)20-2/h3-10H,1H2,2H3,(H,20,21)(H,22,23)(H,24,25,26). The molecular weight excluding hydrogens is 360 g/mol. The van der Waals surface area contributed by atoms with E-state index in [0.717, 1.165) is 39.2 Å². The molecule has 134 valence electrons. The third kappa shape index (κ3) is 3.30. The highest BCUT2D eigenvalue weighted by atomic mass is 32.1. The predicted octanol–water partition coefficient (Wildman–Crippen LogP) is 3.91. The van der Waals surface area contributed by atoms with Crippen LogP contribution in [-0.4, -0.2) is 32.9 Å². The summed E-state index contributed by atoms with van der Waals surface area (Å²) in [5.74, 6) is 0.517. The van der Waals surface area contributed by atoms with E-state index in [0.29, 0.717) is 5.13 Å². The molecule has 1 amide bonds. The highest BCUT2D eigenvalue weighted by Crippen LogP contribution is 2.32. The van der Waals surface area contributed by atoms with Crippen LogP contribution in [0.3, 0.4) is 0 Å². The topological polar surface area (TPSA) is 95.6 Å². The molecule has 0 fully saturated rings. The van der Waals surface area contributed by atoms with E-state index in [-0.39, 0.29) is 5.91 Å². The Bertz CT molecular complexity index is 1150. The molecule has 0 atom stereocenters. The Balaban J connectivity index is 1.74. The highest BCUT2D eigenvalue weighted by molar-refractivity contribution is 7.14. The number of nitrogens with one attached hydrogen (secondary N) is 3. The third-order valence-electron chi connectivity index (χ3n) is 4.07. The van der Waals surface area contributed by atoms with Gasteiger partial charge in [-0.1, -0.05) is 6.58 Å². The SMILES string of the molecule is C=CC(=O)Nc1nc(-c2cnc3[nH]cc(-c4ccnc(NC)c4)c3c2)cs1. The smallest absolute Gasteiger partial charge is 0.249 e. The van der Waals surface area contributed by atoms with Crippen LogP contribution in [0, 0.1) is 0 Å². The van der Waals surface area contributed by atoms with Gasteiger partial charge in [-0.3, -0.25) is 10.1 Å². The number of anilines is 2.